The number of nitrogens with one attached hydrogen (secondary N) is 2. The van der Waals surface area contributed by atoms with Crippen LogP contribution in [0.2, 0.25) is 0 Å². The monoisotopic (exact) mass is 392 g/mol. The van der Waals surface area contributed by atoms with Crippen molar-refractivity contribution in [1.82, 2.24) is 4.98 Å². The van der Waals surface area contributed by atoms with E-state index in [1.807, 2.05) is 48.5 Å². The molecule has 3 N–H and O–H groups in total. The molecule has 0 unspecified atom stereocenters. The van der Waals surface area contributed by atoms with Crippen molar-refractivity contribution in [3.05, 3.63) is 77.1 Å². The number of ether oxygens (including phenoxy) is 1. The first-order valence-corrected chi connectivity index (χ1v) is 9.37. The predicted octanol–water partition coefficient (Wildman–Crippen LogP) is 4.15. The molecule has 3 aromatic rings. The Labute approximate surface area is 169 Å². The third kappa shape index (κ3) is 4.55. The molecule has 0 fully saturated rings. The lowest BCUT2D eigenvalue weighted by Gasteiger charge is -2.11. The average Bonchev–Trinajstić information content (AvgIpc) is 3.01. The third-order valence-corrected chi connectivity index (χ3v) is 4.74. The fourth-order valence-electron chi connectivity index (χ4n) is 3.45. The van der Waals surface area contributed by atoms with Gasteiger partial charge in [0.25, 0.3) is 5.91 Å². The van der Waals surface area contributed by atoms with Crippen molar-refractivity contribution in [2.24, 2.45) is 0 Å². The van der Waals surface area contributed by atoms with Crippen molar-refractivity contribution in [2.75, 3.05) is 11.9 Å². The van der Waals surface area contributed by atoms with Gasteiger partial charge in [-0.25, -0.2) is 4.79 Å². The zero-order valence-electron chi connectivity index (χ0n) is 16.7. The fraction of sp³-hybridized carbons (Fsp3) is 0.217. The molecule has 0 aliphatic carbocycles. The summed E-state index contributed by atoms with van der Waals surface area (Å²) in [6, 6.07) is 17.1. The van der Waals surface area contributed by atoms with Crippen molar-refractivity contribution in [1.29, 1.82) is 0 Å². The van der Waals surface area contributed by atoms with E-state index in [0.717, 1.165) is 11.1 Å². The quantitative estimate of drug-likeness (QED) is 0.550. The molecule has 2 aromatic carbocycles. The Hall–Kier alpha value is -3.38. The number of aromatic nitrogens is 1. The number of benzene rings is 2. The molecular weight excluding hydrogens is 368 g/mol. The molecule has 0 aliphatic rings. The smallest absolute Gasteiger partial charge is 0.355 e. The van der Waals surface area contributed by atoms with Gasteiger partial charge in [-0.15, -0.1) is 0 Å². The minimum atomic E-state index is -0.703. The number of para-hydroxylation sites is 1. The van der Waals surface area contributed by atoms with E-state index < -0.39 is 24.6 Å². The first-order chi connectivity index (χ1) is 13.9. The number of aromatic amines is 1. The Morgan fingerprint density at radius 3 is 2.38 bits per heavy atom. The van der Waals surface area contributed by atoms with Crippen LogP contribution in [-0.2, 0) is 9.53 Å². The zero-order chi connectivity index (χ0) is 21.0. The summed E-state index contributed by atoms with van der Waals surface area (Å²) in [5.74, 6) is -1.07. The molecule has 29 heavy (non-hydrogen) atoms. The minimum absolute atomic E-state index is 0.246. The van der Waals surface area contributed by atoms with Crippen LogP contribution in [0.3, 0.4) is 0 Å². The van der Waals surface area contributed by atoms with E-state index in [9.17, 15) is 14.7 Å². The van der Waals surface area contributed by atoms with E-state index in [1.165, 1.54) is 0 Å². The van der Waals surface area contributed by atoms with Crippen LogP contribution in [0.1, 0.15) is 40.3 Å². The van der Waals surface area contributed by atoms with Gasteiger partial charge in [0.2, 0.25) is 0 Å². The number of esters is 1. The molecule has 3 rings (SSSR count). The predicted molar refractivity (Wildman–Crippen MR) is 112 cm³/mol. The summed E-state index contributed by atoms with van der Waals surface area (Å²) in [5, 5.41) is 12.6. The van der Waals surface area contributed by atoms with Crippen LogP contribution < -0.4 is 5.32 Å². The van der Waals surface area contributed by atoms with Crippen molar-refractivity contribution < 1.29 is 19.4 Å². The maximum absolute atomic E-state index is 12.4. The topological polar surface area (TPSA) is 91.4 Å². The Balaban J connectivity index is 1.67. The second kappa shape index (κ2) is 8.75. The lowest BCUT2D eigenvalue weighted by atomic mass is 10.0. The van der Waals surface area contributed by atoms with Gasteiger partial charge in [0.1, 0.15) is 5.69 Å². The largest absolute Gasteiger partial charge is 0.451 e. The molecule has 0 saturated carbocycles. The van der Waals surface area contributed by atoms with Gasteiger partial charge in [-0.1, -0.05) is 48.5 Å². The number of aryl methyl sites for hydroxylation is 1. The summed E-state index contributed by atoms with van der Waals surface area (Å²) in [7, 11) is 0. The van der Waals surface area contributed by atoms with Crippen LogP contribution in [-0.4, -0.2) is 28.6 Å². The normalized spacial score (nSPS) is 11.7. The molecule has 0 spiro atoms. The van der Waals surface area contributed by atoms with Crippen LogP contribution in [0.4, 0.5) is 5.69 Å². The number of hydrogen-bond acceptors (Lipinski definition) is 4. The van der Waals surface area contributed by atoms with E-state index in [-0.39, 0.29) is 5.69 Å². The molecule has 1 amide bonds. The summed E-state index contributed by atoms with van der Waals surface area (Å²) in [4.78, 5) is 27.7. The highest BCUT2D eigenvalue weighted by Gasteiger charge is 2.21. The summed E-state index contributed by atoms with van der Waals surface area (Å²) in [5.41, 5.74) is 4.73. The molecule has 6 nitrogen and oxygen atoms in total. The van der Waals surface area contributed by atoms with E-state index in [1.54, 1.807) is 26.8 Å². The van der Waals surface area contributed by atoms with E-state index in [4.69, 9.17) is 4.74 Å². The summed E-state index contributed by atoms with van der Waals surface area (Å²) < 4.78 is 5.17. The Morgan fingerprint density at radius 2 is 1.72 bits per heavy atom. The molecule has 150 valence electrons. The van der Waals surface area contributed by atoms with Crippen LogP contribution in [0, 0.1) is 13.8 Å². The van der Waals surface area contributed by atoms with Crippen LogP contribution in [0.5, 0.6) is 0 Å². The second-order valence-corrected chi connectivity index (χ2v) is 6.88. The highest BCUT2D eigenvalue weighted by molar-refractivity contribution is 5.98. The lowest BCUT2D eigenvalue weighted by Crippen LogP contribution is -2.21. The van der Waals surface area contributed by atoms with Gasteiger partial charge < -0.3 is 20.1 Å². The molecule has 0 bridgehead atoms. The maximum atomic E-state index is 12.4. The Bertz CT molecular complexity index is 1020. The van der Waals surface area contributed by atoms with Crippen molar-refractivity contribution >= 4 is 17.6 Å². The number of amides is 1. The summed E-state index contributed by atoms with van der Waals surface area (Å²) >= 11 is 0. The number of carbonyl (C=O) groups excluding carboxylic acids is 2. The highest BCUT2D eigenvalue weighted by atomic mass is 16.5. The van der Waals surface area contributed by atoms with Gasteiger partial charge in [-0.05, 0) is 38.0 Å². The first kappa shape index (κ1) is 20.4. The van der Waals surface area contributed by atoms with Gasteiger partial charge in [0, 0.05) is 22.5 Å². The minimum Gasteiger partial charge on any atom is -0.451 e. The third-order valence-electron chi connectivity index (χ3n) is 4.74. The summed E-state index contributed by atoms with van der Waals surface area (Å²) in [6.45, 7) is 4.73. The molecule has 0 radical (unpaired) electrons. The molecule has 6 heteroatoms. The lowest BCUT2D eigenvalue weighted by molar-refractivity contribution is -0.119. The van der Waals surface area contributed by atoms with Crippen molar-refractivity contribution in [3.8, 4) is 11.1 Å². The van der Waals surface area contributed by atoms with Gasteiger partial charge in [-0.3, -0.25) is 4.79 Å². The van der Waals surface area contributed by atoms with Crippen LogP contribution in [0.25, 0.3) is 11.1 Å². The maximum Gasteiger partial charge on any atom is 0.355 e. The Morgan fingerprint density at radius 1 is 1.07 bits per heavy atom. The fourth-order valence-corrected chi connectivity index (χ4v) is 3.45. The number of anilines is 1. The average molecular weight is 392 g/mol. The molecular formula is C23H24N2O4. The number of H-pyrrole nitrogens is 1. The molecule has 1 atom stereocenters. The van der Waals surface area contributed by atoms with Gasteiger partial charge in [0.05, 0.1) is 6.10 Å². The molecule has 0 aliphatic heterocycles. The zero-order valence-corrected chi connectivity index (χ0v) is 16.7. The van der Waals surface area contributed by atoms with E-state index in [0.29, 0.717) is 22.5 Å². The number of rotatable bonds is 6. The number of aliphatic hydroxyl groups excluding tert-OH is 1. The molecule has 1 aromatic heterocycles. The van der Waals surface area contributed by atoms with Gasteiger partial charge in [-0.2, -0.15) is 0 Å². The summed E-state index contributed by atoms with van der Waals surface area (Å²) in [6.07, 6.45) is -0.703. The van der Waals surface area contributed by atoms with Gasteiger partial charge >= 0.3 is 5.97 Å². The first-order valence-electron chi connectivity index (χ1n) is 9.37. The second-order valence-electron chi connectivity index (χ2n) is 6.88. The van der Waals surface area contributed by atoms with E-state index in [2.05, 4.69) is 10.3 Å². The molecule has 1 heterocycles. The van der Waals surface area contributed by atoms with E-state index >= 15 is 0 Å². The Kier molecular flexibility index (Phi) is 6.14. The highest BCUT2D eigenvalue weighted by Crippen LogP contribution is 2.28. The van der Waals surface area contributed by atoms with Crippen LogP contribution >= 0.6 is 0 Å². The van der Waals surface area contributed by atoms with Crippen LogP contribution in [0.15, 0.2) is 54.6 Å². The number of hydrogen-bond donors (Lipinski definition) is 3. The molecule has 0 saturated heterocycles. The number of aliphatic hydroxyl groups is 1. The number of carbonyl (C=O) groups is 2. The standard InChI is InChI=1S/C23H24N2O4/c1-14-21(16(3)26)15(2)24-22(14)23(28)29-13-20(27)25-19-12-8-7-11-18(19)17-9-5-4-6-10-17/h4-12,16,24,26H,13H2,1-3H3,(H,25,27)/t16-/m1/s1. The van der Waals surface area contributed by atoms with Crippen molar-refractivity contribution in [3.63, 3.8) is 0 Å². The van der Waals surface area contributed by atoms with Crippen molar-refractivity contribution in [2.45, 2.75) is 26.9 Å². The SMILES string of the molecule is Cc1[nH]c(C(=O)OCC(=O)Nc2ccccc2-c2ccccc2)c(C)c1[C@@H](C)O. The van der Waals surface area contributed by atoms with Gasteiger partial charge in [0.15, 0.2) is 6.61 Å².